The molecule has 1 unspecified atom stereocenters. The Balaban J connectivity index is 1.36. The van der Waals surface area contributed by atoms with Gasteiger partial charge in [-0.2, -0.15) is 0 Å². The molecule has 1 aromatic heterocycles. The summed E-state index contributed by atoms with van der Waals surface area (Å²) in [7, 11) is 0. The molecule has 1 aliphatic carbocycles. The first-order valence-electron chi connectivity index (χ1n) is 11.1. The van der Waals surface area contributed by atoms with Crippen LogP contribution in [0.5, 0.6) is 5.75 Å². The van der Waals surface area contributed by atoms with Crippen molar-refractivity contribution in [2.45, 2.75) is 50.7 Å². The van der Waals surface area contributed by atoms with Gasteiger partial charge >= 0.3 is 0 Å². The van der Waals surface area contributed by atoms with E-state index in [-0.39, 0.29) is 11.5 Å². The highest BCUT2D eigenvalue weighted by molar-refractivity contribution is 6.00. The van der Waals surface area contributed by atoms with Crippen molar-refractivity contribution in [3.63, 3.8) is 0 Å². The highest BCUT2D eigenvalue weighted by Crippen LogP contribution is 2.50. The number of ether oxygens (including phenoxy) is 2. The summed E-state index contributed by atoms with van der Waals surface area (Å²) >= 11 is 0. The summed E-state index contributed by atoms with van der Waals surface area (Å²) in [4.78, 5) is 15.1. The van der Waals surface area contributed by atoms with Crippen LogP contribution in [0.4, 0.5) is 0 Å². The molecule has 2 N–H and O–H groups in total. The van der Waals surface area contributed by atoms with E-state index >= 15 is 0 Å². The molecule has 2 aromatic rings. The van der Waals surface area contributed by atoms with Gasteiger partial charge in [-0.1, -0.05) is 0 Å². The van der Waals surface area contributed by atoms with Crippen LogP contribution >= 0.6 is 0 Å². The third kappa shape index (κ3) is 3.49. The molecule has 7 heteroatoms. The number of hydrogen-bond donors (Lipinski definition) is 2. The van der Waals surface area contributed by atoms with E-state index in [0.29, 0.717) is 24.3 Å². The lowest BCUT2D eigenvalue weighted by Crippen LogP contribution is -2.41. The van der Waals surface area contributed by atoms with E-state index in [2.05, 4.69) is 10.2 Å². The van der Waals surface area contributed by atoms with Gasteiger partial charge in [0.05, 0.1) is 19.3 Å². The van der Waals surface area contributed by atoms with Crippen molar-refractivity contribution >= 4 is 16.9 Å². The normalized spacial score (nSPS) is 23.5. The second-order valence-corrected chi connectivity index (χ2v) is 8.83. The summed E-state index contributed by atoms with van der Waals surface area (Å²) in [6, 6.07) is 3.73. The third-order valence-corrected chi connectivity index (χ3v) is 6.86. The first-order valence-corrected chi connectivity index (χ1v) is 11.1. The Morgan fingerprint density at radius 1 is 1.27 bits per heavy atom. The fourth-order valence-electron chi connectivity index (χ4n) is 5.28. The van der Waals surface area contributed by atoms with Crippen molar-refractivity contribution in [2.24, 2.45) is 0 Å². The van der Waals surface area contributed by atoms with Crippen LogP contribution in [-0.2, 0) is 4.74 Å². The molecular weight excluding hydrogens is 384 g/mol. The summed E-state index contributed by atoms with van der Waals surface area (Å²) in [5.41, 5.74) is 1.90. The molecule has 1 aromatic carbocycles. The number of rotatable bonds is 4. The second-order valence-electron chi connectivity index (χ2n) is 8.83. The van der Waals surface area contributed by atoms with Crippen LogP contribution in [0.1, 0.15) is 59.9 Å². The molecule has 0 bridgehead atoms. The van der Waals surface area contributed by atoms with Crippen LogP contribution in [0, 0.1) is 6.92 Å². The largest absolute Gasteiger partial charge is 0.487 e. The van der Waals surface area contributed by atoms with E-state index in [1.807, 2.05) is 19.1 Å². The molecule has 5 rings (SSSR count). The molecule has 7 nitrogen and oxygen atoms in total. The molecular formula is C23H30N2O5. The number of benzene rings is 1. The van der Waals surface area contributed by atoms with Crippen molar-refractivity contribution < 1.29 is 23.8 Å². The van der Waals surface area contributed by atoms with Gasteiger partial charge < -0.3 is 24.3 Å². The van der Waals surface area contributed by atoms with Gasteiger partial charge in [-0.3, -0.25) is 9.69 Å². The summed E-state index contributed by atoms with van der Waals surface area (Å²) in [6.07, 6.45) is 4.26. The van der Waals surface area contributed by atoms with E-state index in [4.69, 9.17) is 13.9 Å². The Labute approximate surface area is 176 Å². The molecule has 2 fully saturated rings. The van der Waals surface area contributed by atoms with Gasteiger partial charge in [-0.15, -0.1) is 0 Å². The molecule has 1 amide bonds. The van der Waals surface area contributed by atoms with Gasteiger partial charge in [0, 0.05) is 49.1 Å². The summed E-state index contributed by atoms with van der Waals surface area (Å²) in [6.45, 7) is 6.51. The van der Waals surface area contributed by atoms with Crippen LogP contribution in [-0.4, -0.2) is 60.9 Å². The Kier molecular flexibility index (Phi) is 5.21. The predicted molar refractivity (Wildman–Crippen MR) is 112 cm³/mol. The molecule has 2 aliphatic heterocycles. The standard InChI is InChI=1S/C23H30N2O5/c1-15-19-17(29-21(15)22(27)24-8-9-25-10-12-28-13-11-25)4-5-18-20(19)16(26)14-23(30-18)6-2-3-7-23/h4-5,16,26H,2-3,6-14H2,1H3,(H,24,27). The molecule has 1 saturated carbocycles. The van der Waals surface area contributed by atoms with E-state index in [0.717, 1.165) is 80.8 Å². The number of amides is 1. The van der Waals surface area contributed by atoms with E-state index in [1.165, 1.54) is 0 Å². The summed E-state index contributed by atoms with van der Waals surface area (Å²) < 4.78 is 17.7. The fraction of sp³-hybridized carbons (Fsp3) is 0.609. The monoisotopic (exact) mass is 414 g/mol. The number of nitrogens with zero attached hydrogens (tertiary/aromatic N) is 1. The van der Waals surface area contributed by atoms with Crippen molar-refractivity contribution in [1.82, 2.24) is 10.2 Å². The minimum absolute atomic E-state index is 0.218. The average Bonchev–Trinajstić information content (AvgIpc) is 3.33. The first kappa shape index (κ1) is 19.8. The zero-order chi connectivity index (χ0) is 20.7. The van der Waals surface area contributed by atoms with Crippen molar-refractivity contribution in [3.05, 3.63) is 29.0 Å². The van der Waals surface area contributed by atoms with Crippen molar-refractivity contribution in [3.8, 4) is 5.75 Å². The molecule has 3 aliphatic rings. The first-order chi connectivity index (χ1) is 14.6. The maximum Gasteiger partial charge on any atom is 0.287 e. The van der Waals surface area contributed by atoms with Gasteiger partial charge in [0.1, 0.15) is 16.9 Å². The number of hydrogen-bond acceptors (Lipinski definition) is 6. The highest BCUT2D eigenvalue weighted by Gasteiger charge is 2.43. The van der Waals surface area contributed by atoms with Gasteiger partial charge in [-0.25, -0.2) is 0 Å². The smallest absolute Gasteiger partial charge is 0.287 e. The van der Waals surface area contributed by atoms with E-state index in [1.54, 1.807) is 0 Å². The molecule has 3 heterocycles. The SMILES string of the molecule is Cc1c(C(=O)NCCN2CCOCC2)oc2ccc3c(c12)C(O)CC1(CCCC1)O3. The molecule has 1 atom stereocenters. The lowest BCUT2D eigenvalue weighted by Gasteiger charge is -2.38. The maximum atomic E-state index is 12.8. The molecule has 1 saturated heterocycles. The number of morpholine rings is 1. The van der Waals surface area contributed by atoms with Gasteiger partial charge in [0.2, 0.25) is 0 Å². The predicted octanol–water partition coefficient (Wildman–Crippen LogP) is 2.93. The number of fused-ring (bicyclic) bond motifs is 3. The Morgan fingerprint density at radius 3 is 2.80 bits per heavy atom. The molecule has 0 radical (unpaired) electrons. The molecule has 30 heavy (non-hydrogen) atoms. The highest BCUT2D eigenvalue weighted by atomic mass is 16.5. The zero-order valence-corrected chi connectivity index (χ0v) is 17.5. The third-order valence-electron chi connectivity index (χ3n) is 6.86. The Hall–Kier alpha value is -2.09. The van der Waals surface area contributed by atoms with Crippen LogP contribution < -0.4 is 10.1 Å². The number of carbonyl (C=O) groups is 1. The number of carbonyl (C=O) groups excluding carboxylic acids is 1. The van der Waals surface area contributed by atoms with Crippen LogP contribution in [0.3, 0.4) is 0 Å². The minimum atomic E-state index is -0.607. The van der Waals surface area contributed by atoms with E-state index < -0.39 is 6.10 Å². The number of furan rings is 1. The van der Waals surface area contributed by atoms with Gasteiger partial charge in [0.15, 0.2) is 5.76 Å². The van der Waals surface area contributed by atoms with Crippen molar-refractivity contribution in [1.29, 1.82) is 0 Å². The quantitative estimate of drug-likeness (QED) is 0.800. The summed E-state index contributed by atoms with van der Waals surface area (Å²) in [5, 5.41) is 14.8. The number of aliphatic hydroxyl groups is 1. The summed E-state index contributed by atoms with van der Waals surface area (Å²) in [5.74, 6) is 0.823. The minimum Gasteiger partial charge on any atom is -0.487 e. The zero-order valence-electron chi connectivity index (χ0n) is 17.5. The van der Waals surface area contributed by atoms with Crippen molar-refractivity contribution in [2.75, 3.05) is 39.4 Å². The second kappa shape index (κ2) is 7.87. The van der Waals surface area contributed by atoms with E-state index in [9.17, 15) is 9.90 Å². The van der Waals surface area contributed by atoms with Gasteiger partial charge in [0.25, 0.3) is 5.91 Å². The lowest BCUT2D eigenvalue weighted by atomic mass is 9.85. The number of aliphatic hydroxyl groups excluding tert-OH is 1. The lowest BCUT2D eigenvalue weighted by molar-refractivity contribution is -0.00845. The number of aryl methyl sites for hydroxylation is 1. The van der Waals surface area contributed by atoms with Crippen LogP contribution in [0.2, 0.25) is 0 Å². The Morgan fingerprint density at radius 2 is 2.03 bits per heavy atom. The molecule has 1 spiro atoms. The average molecular weight is 415 g/mol. The van der Waals surface area contributed by atoms with Gasteiger partial charge in [-0.05, 0) is 44.7 Å². The topological polar surface area (TPSA) is 84.2 Å². The van der Waals surface area contributed by atoms with Crippen LogP contribution in [0.15, 0.2) is 16.5 Å². The fourth-order valence-corrected chi connectivity index (χ4v) is 5.28. The Bertz CT molecular complexity index is 941. The maximum absolute atomic E-state index is 12.8. The number of nitrogens with one attached hydrogen (secondary N) is 1. The molecule has 162 valence electrons. The van der Waals surface area contributed by atoms with Crippen LogP contribution in [0.25, 0.3) is 11.0 Å².